The topological polar surface area (TPSA) is 116 Å². The molecule has 2 atom stereocenters. The molecule has 3 rings (SSSR count). The van der Waals surface area contributed by atoms with Gasteiger partial charge in [-0.05, 0) is 35.4 Å². The van der Waals surface area contributed by atoms with Crippen LogP contribution in [-0.4, -0.2) is 57.4 Å². The number of carbonyl (C=O) groups is 3. The Morgan fingerprint density at radius 2 is 1.21 bits per heavy atom. The van der Waals surface area contributed by atoms with Crippen LogP contribution in [0.15, 0.2) is 84.9 Å². The van der Waals surface area contributed by atoms with Gasteiger partial charge in [0.25, 0.3) is 5.91 Å². The Morgan fingerprint density at radius 1 is 0.697 bits per heavy atom. The molecule has 2 amide bonds. The number of phenolic OH excluding ortho intramolecular Hbond substituents is 1. The van der Waals surface area contributed by atoms with Gasteiger partial charge in [0, 0.05) is 18.4 Å². The fourth-order valence-electron chi connectivity index (χ4n) is 3.23. The van der Waals surface area contributed by atoms with Crippen LogP contribution in [0.25, 0.3) is 0 Å². The minimum absolute atomic E-state index is 0. The Kier molecular flexibility index (Phi) is 9.67. The SMILES string of the molecule is O=C(NC(Cc1ccccc1)C(=O)NC(Cc1ccc(O)cc1)C(=O)O)c1ccccc1.[Al+3]. The second kappa shape index (κ2) is 12.4. The summed E-state index contributed by atoms with van der Waals surface area (Å²) in [6.07, 6.45) is 0.239. The standard InChI is InChI=1S/C25H24N2O5.Al/c28-20-13-11-18(12-14-20)16-22(25(31)32)27-24(30)21(15-17-7-3-1-4-8-17)26-23(29)19-9-5-2-6-10-19;/h1-14,21-22,28H,15-16H2,(H,26,29)(H,27,30)(H,31,32);/q;+3. The van der Waals surface area contributed by atoms with E-state index < -0.39 is 29.9 Å². The van der Waals surface area contributed by atoms with Crippen molar-refractivity contribution in [3.63, 3.8) is 0 Å². The second-order valence-electron chi connectivity index (χ2n) is 7.35. The van der Waals surface area contributed by atoms with Gasteiger partial charge in [0.05, 0.1) is 0 Å². The molecule has 2 unspecified atom stereocenters. The molecule has 0 saturated heterocycles. The van der Waals surface area contributed by atoms with Crippen molar-refractivity contribution in [2.24, 2.45) is 0 Å². The molecular formula is C25H24AlN2O5+3. The first-order valence-corrected chi connectivity index (χ1v) is 10.1. The summed E-state index contributed by atoms with van der Waals surface area (Å²) in [4.78, 5) is 37.5. The summed E-state index contributed by atoms with van der Waals surface area (Å²) >= 11 is 0. The van der Waals surface area contributed by atoms with E-state index in [2.05, 4.69) is 10.6 Å². The van der Waals surface area contributed by atoms with Crippen LogP contribution in [-0.2, 0) is 22.4 Å². The molecule has 0 aromatic heterocycles. The summed E-state index contributed by atoms with van der Waals surface area (Å²) in [6.45, 7) is 0. The van der Waals surface area contributed by atoms with Crippen molar-refractivity contribution >= 4 is 35.1 Å². The van der Waals surface area contributed by atoms with Gasteiger partial charge in [0.15, 0.2) is 0 Å². The molecule has 0 radical (unpaired) electrons. The van der Waals surface area contributed by atoms with Crippen LogP contribution in [0, 0.1) is 0 Å². The molecule has 0 aliphatic heterocycles. The number of carboxylic acids is 1. The van der Waals surface area contributed by atoms with Gasteiger partial charge in [0.1, 0.15) is 17.8 Å². The third kappa shape index (κ3) is 7.79. The van der Waals surface area contributed by atoms with Gasteiger partial charge in [-0.3, -0.25) is 9.59 Å². The Labute approximate surface area is 202 Å². The third-order valence-electron chi connectivity index (χ3n) is 4.93. The average Bonchev–Trinajstić information content (AvgIpc) is 2.80. The van der Waals surface area contributed by atoms with E-state index in [1.54, 1.807) is 42.5 Å². The Hall–Kier alpha value is -3.60. The Bertz CT molecular complexity index is 1060. The molecule has 0 fully saturated rings. The van der Waals surface area contributed by atoms with Crippen molar-refractivity contribution < 1.29 is 24.6 Å². The largest absolute Gasteiger partial charge is 3.00 e. The van der Waals surface area contributed by atoms with Crippen molar-refractivity contribution in [2.75, 3.05) is 0 Å². The first-order chi connectivity index (χ1) is 15.4. The van der Waals surface area contributed by atoms with Gasteiger partial charge in [-0.2, -0.15) is 0 Å². The van der Waals surface area contributed by atoms with Gasteiger partial charge in [0.2, 0.25) is 5.91 Å². The molecule has 4 N–H and O–H groups in total. The smallest absolute Gasteiger partial charge is 0.508 e. The zero-order valence-electron chi connectivity index (χ0n) is 17.8. The molecule has 8 heteroatoms. The number of phenols is 1. The summed E-state index contributed by atoms with van der Waals surface area (Å²) in [7, 11) is 0. The van der Waals surface area contributed by atoms with E-state index in [0.29, 0.717) is 11.1 Å². The fraction of sp³-hybridized carbons (Fsp3) is 0.160. The summed E-state index contributed by atoms with van der Waals surface area (Å²) < 4.78 is 0. The van der Waals surface area contributed by atoms with E-state index in [0.717, 1.165) is 5.56 Å². The molecule has 3 aromatic rings. The summed E-state index contributed by atoms with van der Waals surface area (Å²) in [6, 6.07) is 21.6. The molecule has 0 heterocycles. The molecule has 0 saturated carbocycles. The van der Waals surface area contributed by atoms with E-state index in [-0.39, 0.29) is 36.0 Å². The van der Waals surface area contributed by atoms with Crippen LogP contribution < -0.4 is 10.6 Å². The quantitative estimate of drug-likeness (QED) is 0.366. The normalized spacial score (nSPS) is 12.0. The molecule has 164 valence electrons. The molecule has 0 spiro atoms. The van der Waals surface area contributed by atoms with Crippen LogP contribution in [0.5, 0.6) is 5.75 Å². The maximum Gasteiger partial charge on any atom is 3.00 e. The van der Waals surface area contributed by atoms with E-state index in [9.17, 15) is 24.6 Å². The van der Waals surface area contributed by atoms with E-state index >= 15 is 0 Å². The Morgan fingerprint density at radius 3 is 1.79 bits per heavy atom. The van der Waals surface area contributed by atoms with Crippen molar-refractivity contribution in [1.82, 2.24) is 10.6 Å². The van der Waals surface area contributed by atoms with E-state index in [1.807, 2.05) is 30.3 Å². The van der Waals surface area contributed by atoms with Crippen LogP contribution in [0.1, 0.15) is 21.5 Å². The molecular weight excluding hydrogens is 435 g/mol. The van der Waals surface area contributed by atoms with Crippen LogP contribution in [0.3, 0.4) is 0 Å². The number of benzene rings is 3. The summed E-state index contributed by atoms with van der Waals surface area (Å²) in [5.41, 5.74) is 1.87. The number of aliphatic carboxylic acids is 1. The predicted molar refractivity (Wildman–Crippen MR) is 125 cm³/mol. The number of carboxylic acid groups (broad SMARTS) is 1. The van der Waals surface area contributed by atoms with Gasteiger partial charge in [-0.1, -0.05) is 60.7 Å². The molecule has 7 nitrogen and oxygen atoms in total. The number of rotatable bonds is 9. The van der Waals surface area contributed by atoms with Crippen molar-refractivity contribution in [1.29, 1.82) is 0 Å². The zero-order chi connectivity index (χ0) is 22.9. The van der Waals surface area contributed by atoms with Gasteiger partial charge < -0.3 is 20.8 Å². The summed E-state index contributed by atoms with van der Waals surface area (Å²) in [5, 5.41) is 24.3. The molecule has 0 aliphatic carbocycles. The van der Waals surface area contributed by atoms with Crippen molar-refractivity contribution in [2.45, 2.75) is 24.9 Å². The zero-order valence-corrected chi connectivity index (χ0v) is 19.0. The van der Waals surface area contributed by atoms with E-state index in [1.165, 1.54) is 12.1 Å². The molecule has 3 aromatic carbocycles. The summed E-state index contributed by atoms with van der Waals surface area (Å²) in [5.74, 6) is -2.15. The molecule has 0 aliphatic rings. The predicted octanol–water partition coefficient (Wildman–Crippen LogP) is 2.16. The number of amides is 2. The van der Waals surface area contributed by atoms with Crippen molar-refractivity contribution in [3.8, 4) is 5.75 Å². The van der Waals surface area contributed by atoms with Gasteiger partial charge in [-0.25, -0.2) is 4.79 Å². The van der Waals surface area contributed by atoms with Gasteiger partial charge >= 0.3 is 23.3 Å². The monoisotopic (exact) mass is 459 g/mol. The first kappa shape index (κ1) is 25.7. The second-order valence-corrected chi connectivity index (χ2v) is 7.35. The van der Waals surface area contributed by atoms with Crippen LogP contribution >= 0.6 is 0 Å². The number of hydrogen-bond donors (Lipinski definition) is 4. The number of aromatic hydroxyl groups is 1. The number of nitrogens with one attached hydrogen (secondary N) is 2. The molecule has 0 bridgehead atoms. The Balaban J connectivity index is 0.00000385. The van der Waals surface area contributed by atoms with Gasteiger partial charge in [-0.15, -0.1) is 0 Å². The van der Waals surface area contributed by atoms with Crippen LogP contribution in [0.2, 0.25) is 0 Å². The van der Waals surface area contributed by atoms with Crippen molar-refractivity contribution in [3.05, 3.63) is 102 Å². The van der Waals surface area contributed by atoms with E-state index in [4.69, 9.17) is 0 Å². The fourth-order valence-corrected chi connectivity index (χ4v) is 3.23. The third-order valence-corrected chi connectivity index (χ3v) is 4.93. The molecule has 33 heavy (non-hydrogen) atoms. The number of carbonyl (C=O) groups excluding carboxylic acids is 2. The number of hydrogen-bond acceptors (Lipinski definition) is 4. The maximum atomic E-state index is 13.0. The van der Waals surface area contributed by atoms with Crippen LogP contribution in [0.4, 0.5) is 0 Å². The maximum absolute atomic E-state index is 13.0. The first-order valence-electron chi connectivity index (χ1n) is 10.1. The average molecular weight is 459 g/mol. The minimum Gasteiger partial charge on any atom is -0.508 e. The minimum atomic E-state index is -1.20.